The van der Waals surface area contributed by atoms with E-state index in [1.54, 1.807) is 18.2 Å². The average Bonchev–Trinajstić information content (AvgIpc) is 1.91. The molecule has 9 heavy (non-hydrogen) atoms. The first-order chi connectivity index (χ1) is 4.43. The fourth-order valence-corrected chi connectivity index (χ4v) is 0.483. The van der Waals surface area contributed by atoms with Crippen molar-refractivity contribution >= 4 is 6.47 Å². The molecule has 1 rings (SSSR count). The van der Waals surface area contributed by atoms with E-state index in [-0.39, 0.29) is 0 Å². The molecule has 0 aromatic carbocycles. The van der Waals surface area contributed by atoms with Gasteiger partial charge in [-0.3, -0.25) is 0 Å². The molecule has 0 N–H and O–H groups in total. The first kappa shape index (κ1) is 5.88. The summed E-state index contributed by atoms with van der Waals surface area (Å²) in [4.78, 5) is 9.59. The Labute approximate surface area is 52.6 Å². The van der Waals surface area contributed by atoms with Gasteiger partial charge < -0.3 is 9.47 Å². The number of allylic oxidation sites excluding steroid dienone is 2. The molecule has 0 aliphatic carbocycles. The van der Waals surface area contributed by atoms with Crippen molar-refractivity contribution in [3.63, 3.8) is 0 Å². The molecule has 1 aliphatic heterocycles. The molecule has 0 saturated heterocycles. The number of hydrogen-bond acceptors (Lipinski definition) is 3. The summed E-state index contributed by atoms with van der Waals surface area (Å²) in [6.07, 6.45) is 5.88. The summed E-state index contributed by atoms with van der Waals surface area (Å²) in [6, 6.07) is 0. The van der Waals surface area contributed by atoms with Crippen LogP contribution in [-0.2, 0) is 14.3 Å². The van der Waals surface area contributed by atoms with Gasteiger partial charge in [0.2, 0.25) is 0 Å². The average molecular weight is 125 g/mol. The van der Waals surface area contributed by atoms with Crippen LogP contribution in [0.4, 0.5) is 0 Å². The van der Waals surface area contributed by atoms with Gasteiger partial charge in [0, 0.05) is 0 Å². The van der Waals surface area contributed by atoms with Crippen LogP contribution in [0.25, 0.3) is 0 Å². The molecule has 1 heterocycles. The number of carbonyl (C=O) groups excluding carboxylic acids is 1. The third-order valence-electron chi connectivity index (χ3n) is 0.835. The standard InChI is InChI=1S/C6H5O3/c7-5-9-6-3-1-2-4-8-6/h1-4,6H. The van der Waals surface area contributed by atoms with Gasteiger partial charge in [-0.05, 0) is 12.2 Å². The SMILES string of the molecule is O=[C]OC1C=CC=CO1. The second kappa shape index (κ2) is 2.91. The Morgan fingerprint density at radius 3 is 3.00 bits per heavy atom. The highest BCUT2D eigenvalue weighted by Crippen LogP contribution is 2.01. The van der Waals surface area contributed by atoms with Gasteiger partial charge in [-0.2, -0.15) is 0 Å². The van der Waals surface area contributed by atoms with Gasteiger partial charge >= 0.3 is 6.47 Å². The molecule has 0 aromatic rings. The molecule has 0 saturated carbocycles. The molecular weight excluding hydrogens is 120 g/mol. The predicted octanol–water partition coefficient (Wildman–Crippen LogP) is 0.496. The second-order valence-electron chi connectivity index (χ2n) is 1.42. The van der Waals surface area contributed by atoms with Crippen LogP contribution in [0.5, 0.6) is 0 Å². The van der Waals surface area contributed by atoms with Crippen molar-refractivity contribution in [2.45, 2.75) is 6.29 Å². The van der Waals surface area contributed by atoms with E-state index < -0.39 is 6.29 Å². The summed E-state index contributed by atoms with van der Waals surface area (Å²) >= 11 is 0. The highest BCUT2D eigenvalue weighted by molar-refractivity contribution is 5.39. The van der Waals surface area contributed by atoms with E-state index >= 15 is 0 Å². The Hall–Kier alpha value is -1.25. The highest BCUT2D eigenvalue weighted by Gasteiger charge is 2.03. The summed E-state index contributed by atoms with van der Waals surface area (Å²) in [6.45, 7) is 1.28. The molecule has 1 unspecified atom stereocenters. The molecule has 3 heteroatoms. The zero-order valence-corrected chi connectivity index (χ0v) is 4.61. The van der Waals surface area contributed by atoms with Crippen LogP contribution in [0.15, 0.2) is 24.5 Å². The lowest BCUT2D eigenvalue weighted by atomic mass is 10.4. The summed E-state index contributed by atoms with van der Waals surface area (Å²) in [5.41, 5.74) is 0. The van der Waals surface area contributed by atoms with Crippen LogP contribution < -0.4 is 0 Å². The van der Waals surface area contributed by atoms with Gasteiger partial charge in [-0.15, -0.1) is 0 Å². The maximum atomic E-state index is 9.59. The summed E-state index contributed by atoms with van der Waals surface area (Å²) in [7, 11) is 0. The van der Waals surface area contributed by atoms with Gasteiger partial charge in [0.1, 0.15) is 0 Å². The van der Waals surface area contributed by atoms with Crippen molar-refractivity contribution in [2.24, 2.45) is 0 Å². The van der Waals surface area contributed by atoms with E-state index in [0.29, 0.717) is 0 Å². The molecule has 0 fully saturated rings. The third-order valence-corrected chi connectivity index (χ3v) is 0.835. The topological polar surface area (TPSA) is 35.5 Å². The molecule has 3 nitrogen and oxygen atoms in total. The Bertz CT molecular complexity index is 146. The van der Waals surface area contributed by atoms with Gasteiger partial charge in [0.25, 0.3) is 6.29 Å². The van der Waals surface area contributed by atoms with Crippen molar-refractivity contribution in [1.82, 2.24) is 0 Å². The number of ether oxygens (including phenoxy) is 2. The van der Waals surface area contributed by atoms with Crippen LogP contribution in [-0.4, -0.2) is 12.8 Å². The minimum absolute atomic E-state index is 0.590. The van der Waals surface area contributed by atoms with Crippen LogP contribution in [0.3, 0.4) is 0 Å². The fraction of sp³-hybridized carbons (Fsp3) is 0.167. The largest absolute Gasteiger partial charge is 0.459 e. The van der Waals surface area contributed by atoms with E-state index in [4.69, 9.17) is 4.74 Å². The Morgan fingerprint density at radius 1 is 1.56 bits per heavy atom. The molecule has 1 radical (unpaired) electrons. The summed E-state index contributed by atoms with van der Waals surface area (Å²) in [5, 5.41) is 0. The lowest BCUT2D eigenvalue weighted by Crippen LogP contribution is -2.11. The summed E-state index contributed by atoms with van der Waals surface area (Å²) in [5.74, 6) is 0. The first-order valence-corrected chi connectivity index (χ1v) is 2.45. The van der Waals surface area contributed by atoms with E-state index in [1.807, 2.05) is 0 Å². The molecule has 1 atom stereocenters. The summed E-state index contributed by atoms with van der Waals surface area (Å²) < 4.78 is 9.08. The van der Waals surface area contributed by atoms with Crippen molar-refractivity contribution in [3.05, 3.63) is 24.5 Å². The molecule has 0 bridgehead atoms. The van der Waals surface area contributed by atoms with Crippen LogP contribution in [0, 0.1) is 0 Å². The zero-order chi connectivity index (χ0) is 6.53. The van der Waals surface area contributed by atoms with E-state index in [2.05, 4.69) is 4.74 Å². The quantitative estimate of drug-likeness (QED) is 0.539. The Morgan fingerprint density at radius 2 is 2.44 bits per heavy atom. The Balaban J connectivity index is 2.36. The minimum atomic E-state index is -0.590. The zero-order valence-electron chi connectivity index (χ0n) is 4.61. The first-order valence-electron chi connectivity index (χ1n) is 2.45. The van der Waals surface area contributed by atoms with Crippen molar-refractivity contribution in [3.8, 4) is 0 Å². The van der Waals surface area contributed by atoms with E-state index in [1.165, 1.54) is 12.7 Å². The van der Waals surface area contributed by atoms with E-state index in [0.717, 1.165) is 0 Å². The number of rotatable bonds is 2. The molecule has 0 spiro atoms. The van der Waals surface area contributed by atoms with Crippen LogP contribution in [0.2, 0.25) is 0 Å². The van der Waals surface area contributed by atoms with Crippen molar-refractivity contribution in [2.75, 3.05) is 0 Å². The minimum Gasteiger partial charge on any atom is -0.459 e. The van der Waals surface area contributed by atoms with Gasteiger partial charge in [-0.1, -0.05) is 6.08 Å². The third kappa shape index (κ3) is 1.60. The lowest BCUT2D eigenvalue weighted by molar-refractivity contribution is -0.00386. The van der Waals surface area contributed by atoms with Gasteiger partial charge in [0.15, 0.2) is 0 Å². The lowest BCUT2D eigenvalue weighted by Gasteiger charge is -2.10. The van der Waals surface area contributed by atoms with Gasteiger partial charge in [0.05, 0.1) is 6.26 Å². The normalized spacial score (nSPS) is 22.9. The Kier molecular flexibility index (Phi) is 1.90. The number of hydrogen-bond donors (Lipinski definition) is 0. The van der Waals surface area contributed by atoms with Crippen LogP contribution in [0.1, 0.15) is 0 Å². The maximum Gasteiger partial charge on any atom is 0.420 e. The molecule has 0 amide bonds. The second-order valence-corrected chi connectivity index (χ2v) is 1.42. The van der Waals surface area contributed by atoms with Crippen molar-refractivity contribution in [1.29, 1.82) is 0 Å². The molecule has 47 valence electrons. The van der Waals surface area contributed by atoms with Crippen molar-refractivity contribution < 1.29 is 14.3 Å². The highest BCUT2D eigenvalue weighted by atomic mass is 16.7. The fourth-order valence-electron chi connectivity index (χ4n) is 0.483. The molecule has 1 aliphatic rings. The molecular formula is C6H5O3. The predicted molar refractivity (Wildman–Crippen MR) is 29.9 cm³/mol. The smallest absolute Gasteiger partial charge is 0.420 e. The maximum absolute atomic E-state index is 9.59. The molecule has 0 aromatic heterocycles. The monoisotopic (exact) mass is 125 g/mol. The van der Waals surface area contributed by atoms with E-state index in [9.17, 15) is 4.79 Å². The van der Waals surface area contributed by atoms with Crippen LogP contribution >= 0.6 is 0 Å². The van der Waals surface area contributed by atoms with Gasteiger partial charge in [-0.25, -0.2) is 4.79 Å².